The molecule has 3 rings (SSSR count). The van der Waals surface area contributed by atoms with Gasteiger partial charge in [-0.05, 0) is 30.7 Å². The van der Waals surface area contributed by atoms with Gasteiger partial charge in [0.05, 0.1) is 17.8 Å². The topological polar surface area (TPSA) is 38.1 Å². The SMILES string of the molecule is C=Cc1c(CC)nn2c1C(=O)N(c1ccc(C(F)(F)F)cc1)CC2. The van der Waals surface area contributed by atoms with Crippen LogP contribution in [0.15, 0.2) is 30.8 Å². The predicted octanol–water partition coefficient (Wildman–Crippen LogP) is 3.77. The Morgan fingerprint density at radius 2 is 1.92 bits per heavy atom. The van der Waals surface area contributed by atoms with Gasteiger partial charge in [-0.15, -0.1) is 0 Å². The molecule has 7 heteroatoms. The first kappa shape index (κ1) is 16.3. The van der Waals surface area contributed by atoms with Crippen molar-refractivity contribution in [3.63, 3.8) is 0 Å². The van der Waals surface area contributed by atoms with Crippen molar-refractivity contribution in [2.75, 3.05) is 11.4 Å². The number of rotatable bonds is 3. The van der Waals surface area contributed by atoms with Crippen LogP contribution in [0, 0.1) is 0 Å². The highest BCUT2D eigenvalue weighted by Crippen LogP contribution is 2.32. The molecule has 2 aromatic rings. The molecule has 1 aromatic heterocycles. The van der Waals surface area contributed by atoms with Crippen molar-refractivity contribution in [3.8, 4) is 0 Å². The number of aryl methyl sites for hydroxylation is 1. The van der Waals surface area contributed by atoms with Crippen LogP contribution in [-0.2, 0) is 19.1 Å². The number of carbonyl (C=O) groups excluding carboxylic acids is 1. The number of anilines is 1. The molecule has 0 spiro atoms. The molecule has 0 aliphatic carbocycles. The lowest BCUT2D eigenvalue weighted by molar-refractivity contribution is -0.137. The Morgan fingerprint density at radius 3 is 2.46 bits per heavy atom. The summed E-state index contributed by atoms with van der Waals surface area (Å²) < 4.78 is 39.7. The van der Waals surface area contributed by atoms with Gasteiger partial charge in [0.25, 0.3) is 5.91 Å². The van der Waals surface area contributed by atoms with Gasteiger partial charge in [-0.25, -0.2) is 0 Å². The van der Waals surface area contributed by atoms with Gasteiger partial charge >= 0.3 is 6.18 Å². The summed E-state index contributed by atoms with van der Waals surface area (Å²) in [5.41, 5.74) is 1.63. The van der Waals surface area contributed by atoms with Gasteiger partial charge in [-0.3, -0.25) is 9.48 Å². The second-order valence-corrected chi connectivity index (χ2v) is 5.49. The number of amides is 1. The largest absolute Gasteiger partial charge is 0.416 e. The fourth-order valence-corrected chi connectivity index (χ4v) is 2.89. The summed E-state index contributed by atoms with van der Waals surface area (Å²) in [6, 6.07) is 4.61. The van der Waals surface area contributed by atoms with Crippen molar-refractivity contribution < 1.29 is 18.0 Å². The lowest BCUT2D eigenvalue weighted by Crippen LogP contribution is -2.40. The van der Waals surface area contributed by atoms with Crippen molar-refractivity contribution in [1.29, 1.82) is 0 Å². The molecule has 4 nitrogen and oxygen atoms in total. The van der Waals surface area contributed by atoms with E-state index >= 15 is 0 Å². The lowest BCUT2D eigenvalue weighted by Gasteiger charge is -2.28. The van der Waals surface area contributed by atoms with Gasteiger partial charge in [0.2, 0.25) is 0 Å². The summed E-state index contributed by atoms with van der Waals surface area (Å²) in [6.07, 6.45) is -2.12. The molecular formula is C17H16F3N3O. The third kappa shape index (κ3) is 2.60. The summed E-state index contributed by atoms with van der Waals surface area (Å²) in [5, 5.41) is 4.41. The van der Waals surface area contributed by atoms with Crippen LogP contribution in [-0.4, -0.2) is 22.2 Å². The van der Waals surface area contributed by atoms with Gasteiger partial charge in [0.15, 0.2) is 0 Å². The maximum Gasteiger partial charge on any atom is 0.416 e. The number of benzene rings is 1. The van der Waals surface area contributed by atoms with E-state index in [9.17, 15) is 18.0 Å². The van der Waals surface area contributed by atoms with Crippen LogP contribution < -0.4 is 4.90 Å². The number of alkyl halides is 3. The number of aromatic nitrogens is 2. The maximum atomic E-state index is 12.8. The summed E-state index contributed by atoms with van der Waals surface area (Å²) in [4.78, 5) is 14.3. The van der Waals surface area contributed by atoms with Crippen molar-refractivity contribution in [3.05, 3.63) is 53.4 Å². The first-order valence-electron chi connectivity index (χ1n) is 7.58. The minimum absolute atomic E-state index is 0.275. The molecule has 0 bridgehead atoms. The fourth-order valence-electron chi connectivity index (χ4n) is 2.89. The molecular weight excluding hydrogens is 319 g/mol. The van der Waals surface area contributed by atoms with E-state index in [4.69, 9.17) is 0 Å². The molecule has 126 valence electrons. The van der Waals surface area contributed by atoms with Crippen LogP contribution in [0.1, 0.15) is 34.2 Å². The number of hydrogen-bond acceptors (Lipinski definition) is 2. The van der Waals surface area contributed by atoms with Crippen molar-refractivity contribution >= 4 is 17.7 Å². The number of nitrogens with zero attached hydrogens (tertiary/aromatic N) is 3. The lowest BCUT2D eigenvalue weighted by atomic mass is 10.1. The highest BCUT2D eigenvalue weighted by atomic mass is 19.4. The van der Waals surface area contributed by atoms with Crippen LogP contribution >= 0.6 is 0 Å². The van der Waals surface area contributed by atoms with Crippen LogP contribution in [0.4, 0.5) is 18.9 Å². The molecule has 1 aromatic carbocycles. The van der Waals surface area contributed by atoms with E-state index in [-0.39, 0.29) is 5.91 Å². The quantitative estimate of drug-likeness (QED) is 0.856. The number of fused-ring (bicyclic) bond motifs is 1. The summed E-state index contributed by atoms with van der Waals surface area (Å²) >= 11 is 0. The van der Waals surface area contributed by atoms with Crippen LogP contribution in [0.2, 0.25) is 0 Å². The van der Waals surface area contributed by atoms with E-state index in [1.54, 1.807) is 10.8 Å². The molecule has 0 saturated carbocycles. The van der Waals surface area contributed by atoms with Crippen LogP contribution in [0.5, 0.6) is 0 Å². The molecule has 0 N–H and O–H groups in total. The Labute approximate surface area is 137 Å². The zero-order valence-electron chi connectivity index (χ0n) is 13.1. The van der Waals surface area contributed by atoms with E-state index in [0.717, 1.165) is 17.8 Å². The molecule has 0 atom stereocenters. The number of hydrogen-bond donors (Lipinski definition) is 0. The molecule has 2 heterocycles. The fraction of sp³-hybridized carbons (Fsp3) is 0.294. The summed E-state index contributed by atoms with van der Waals surface area (Å²) in [5.74, 6) is -0.275. The normalized spacial score (nSPS) is 14.7. The Kier molecular flexibility index (Phi) is 3.95. The summed E-state index contributed by atoms with van der Waals surface area (Å²) in [6.45, 7) is 6.53. The molecule has 0 radical (unpaired) electrons. The molecule has 1 aliphatic heterocycles. The van der Waals surface area contributed by atoms with Crippen molar-refractivity contribution in [2.24, 2.45) is 0 Å². The average molecular weight is 335 g/mol. The standard InChI is InChI=1S/C17H16F3N3O/c1-3-13-14(4-2)21-23-10-9-22(16(24)15(13)23)12-7-5-11(6-8-12)17(18,19)20/h3,5-8H,1,4,9-10H2,2H3. The first-order chi connectivity index (χ1) is 11.4. The third-order valence-electron chi connectivity index (χ3n) is 4.09. The van der Waals surface area contributed by atoms with Crippen molar-refractivity contribution in [1.82, 2.24) is 9.78 Å². The Hall–Kier alpha value is -2.57. The molecule has 0 unspecified atom stereocenters. The average Bonchev–Trinajstić information content (AvgIpc) is 2.93. The molecule has 0 fully saturated rings. The second-order valence-electron chi connectivity index (χ2n) is 5.49. The van der Waals surface area contributed by atoms with E-state index in [1.807, 2.05) is 6.92 Å². The highest BCUT2D eigenvalue weighted by Gasteiger charge is 2.33. The Bertz CT molecular complexity index is 791. The molecule has 24 heavy (non-hydrogen) atoms. The van der Waals surface area contributed by atoms with E-state index in [2.05, 4.69) is 11.7 Å². The van der Waals surface area contributed by atoms with Gasteiger partial charge in [0.1, 0.15) is 5.69 Å². The Morgan fingerprint density at radius 1 is 1.25 bits per heavy atom. The maximum absolute atomic E-state index is 12.8. The first-order valence-corrected chi connectivity index (χ1v) is 7.58. The second kappa shape index (κ2) is 5.81. The Balaban J connectivity index is 1.96. The minimum Gasteiger partial charge on any atom is -0.305 e. The predicted molar refractivity (Wildman–Crippen MR) is 84.8 cm³/mol. The van der Waals surface area contributed by atoms with E-state index in [0.29, 0.717) is 36.5 Å². The van der Waals surface area contributed by atoms with Crippen LogP contribution in [0.3, 0.4) is 0 Å². The van der Waals surface area contributed by atoms with Gasteiger partial charge in [0, 0.05) is 17.8 Å². The molecule has 1 amide bonds. The monoisotopic (exact) mass is 335 g/mol. The van der Waals surface area contributed by atoms with E-state index in [1.165, 1.54) is 17.0 Å². The third-order valence-corrected chi connectivity index (χ3v) is 4.09. The zero-order chi connectivity index (χ0) is 17.5. The zero-order valence-corrected chi connectivity index (χ0v) is 13.1. The number of carbonyl (C=O) groups is 1. The van der Waals surface area contributed by atoms with Gasteiger partial charge < -0.3 is 4.90 Å². The number of halogens is 3. The summed E-state index contributed by atoms with van der Waals surface area (Å²) in [7, 11) is 0. The van der Waals surface area contributed by atoms with E-state index < -0.39 is 11.7 Å². The van der Waals surface area contributed by atoms with Gasteiger partial charge in [-0.1, -0.05) is 19.6 Å². The molecule has 1 aliphatic rings. The molecule has 0 saturated heterocycles. The van der Waals surface area contributed by atoms with Crippen molar-refractivity contribution in [2.45, 2.75) is 26.1 Å². The van der Waals surface area contributed by atoms with Crippen LogP contribution in [0.25, 0.3) is 6.08 Å². The minimum atomic E-state index is -4.39. The smallest absolute Gasteiger partial charge is 0.305 e. The highest BCUT2D eigenvalue weighted by molar-refractivity contribution is 6.08. The van der Waals surface area contributed by atoms with Gasteiger partial charge in [-0.2, -0.15) is 18.3 Å².